The number of nitrogens with zero attached hydrogens (tertiary/aromatic N) is 1. The van der Waals surface area contributed by atoms with E-state index in [-0.39, 0.29) is 29.7 Å². The minimum Gasteiger partial charge on any atom is -0.497 e. The monoisotopic (exact) mass is 997 g/mol. The number of methoxy groups -OCH3 is 2. The Morgan fingerprint density at radius 1 is 0.861 bits per heavy atom. The van der Waals surface area contributed by atoms with Crippen LogP contribution in [0.5, 0.6) is 5.75 Å². The maximum atomic E-state index is 15.9. The number of ether oxygens (including phenoxy) is 9. The smallest absolute Gasteiger partial charge is 0.413 e. The normalized spacial score (nSPS) is 32.6. The zero-order valence-corrected chi connectivity index (χ0v) is 42.1. The van der Waals surface area contributed by atoms with Crippen LogP contribution in [0.2, 0.25) is 0 Å². The zero-order chi connectivity index (χ0) is 52.3. The average molecular weight is 998 g/mol. The summed E-state index contributed by atoms with van der Waals surface area (Å²) in [6.07, 6.45) is -12.2. The van der Waals surface area contributed by atoms with Gasteiger partial charge in [-0.3, -0.25) is 14.5 Å². The summed E-state index contributed by atoms with van der Waals surface area (Å²) >= 11 is 0. The zero-order valence-electron chi connectivity index (χ0n) is 42.1. The Balaban J connectivity index is 1.32. The van der Waals surface area contributed by atoms with Crippen LogP contribution >= 0.6 is 0 Å². The molecule has 3 aromatic carbocycles. The number of fused-ring (bicyclic) bond motifs is 5. The van der Waals surface area contributed by atoms with Crippen LogP contribution in [0.15, 0.2) is 96.1 Å². The minimum atomic E-state index is -2.43. The number of carbonyl (C=O) groups excluding carboxylic acids is 6. The predicted octanol–water partition coefficient (Wildman–Crippen LogP) is 5.91. The predicted molar refractivity (Wildman–Crippen MR) is 253 cm³/mol. The van der Waals surface area contributed by atoms with Crippen molar-refractivity contribution in [1.29, 1.82) is 0 Å². The van der Waals surface area contributed by atoms with Gasteiger partial charge in [0.2, 0.25) is 0 Å². The Morgan fingerprint density at radius 2 is 1.50 bits per heavy atom. The molecule has 0 radical (unpaired) electrons. The second-order valence-corrected chi connectivity index (χ2v) is 20.9. The van der Waals surface area contributed by atoms with Crippen LogP contribution in [-0.2, 0) is 57.1 Å². The quantitative estimate of drug-likeness (QED) is 0.129. The van der Waals surface area contributed by atoms with Gasteiger partial charge in [0, 0.05) is 37.9 Å². The van der Waals surface area contributed by atoms with Crippen molar-refractivity contribution in [2.45, 2.75) is 134 Å². The lowest BCUT2D eigenvalue weighted by molar-refractivity contribution is -0.346. The molecule has 2 saturated heterocycles. The Bertz CT molecular complexity index is 2610. The van der Waals surface area contributed by atoms with E-state index < -0.39 is 131 Å². The van der Waals surface area contributed by atoms with Crippen LogP contribution in [0.1, 0.15) is 102 Å². The summed E-state index contributed by atoms with van der Waals surface area (Å²) in [5.74, 6) is -5.65. The fourth-order valence-corrected chi connectivity index (χ4v) is 11.6. The van der Waals surface area contributed by atoms with Crippen LogP contribution in [0.3, 0.4) is 0 Å². The highest BCUT2D eigenvalue weighted by Gasteiger charge is 2.78. The summed E-state index contributed by atoms with van der Waals surface area (Å²) in [6, 6.07) is 22.2. The third-order valence-corrected chi connectivity index (χ3v) is 15.2. The van der Waals surface area contributed by atoms with Gasteiger partial charge < -0.3 is 52.8 Å². The largest absolute Gasteiger partial charge is 0.497 e. The molecule has 1 amide bonds. The van der Waals surface area contributed by atoms with Gasteiger partial charge in [0.05, 0.1) is 36.7 Å². The van der Waals surface area contributed by atoms with Crippen LogP contribution in [0, 0.1) is 16.7 Å². The SMILES string of the molecule is COCC(=O)O[C@H]1C(=O)[C@@]2(C)[C@H]([C@H](OC(=O)c3ccccc3)[C@]3(O)C[C@H](OC(=O)[C@@H]4O[C@H](c5ccc(OC)cc5)N(C(=O)OC(C)(C)C)[C@H]4c4ccccc4)C(C)=C1C3(C)C)[C@]1(OC(C)=O)CO[C@@H]1C[C@@H]2O. The Hall–Kier alpha value is -6.18. The summed E-state index contributed by atoms with van der Waals surface area (Å²) in [5.41, 5.74) is -7.84. The van der Waals surface area contributed by atoms with Crippen molar-refractivity contribution < 1.29 is 81.6 Å². The van der Waals surface area contributed by atoms with Gasteiger partial charge in [-0.05, 0) is 75.6 Å². The fourth-order valence-electron chi connectivity index (χ4n) is 11.6. The molecule has 3 aromatic rings. The number of esters is 4. The molecule has 72 heavy (non-hydrogen) atoms. The van der Waals surface area contributed by atoms with Crippen molar-refractivity contribution in [1.82, 2.24) is 4.90 Å². The Kier molecular flexibility index (Phi) is 14.0. The molecule has 0 spiro atoms. The van der Waals surface area contributed by atoms with Gasteiger partial charge in [-0.2, -0.15) is 0 Å². The summed E-state index contributed by atoms with van der Waals surface area (Å²) in [6.45, 7) is 11.5. The van der Waals surface area contributed by atoms with Gasteiger partial charge in [0.15, 0.2) is 29.8 Å². The van der Waals surface area contributed by atoms with Crippen molar-refractivity contribution in [2.75, 3.05) is 27.4 Å². The molecule has 18 heteroatoms. The van der Waals surface area contributed by atoms with Crippen molar-refractivity contribution in [3.05, 3.63) is 113 Å². The lowest BCUT2D eigenvalue weighted by Gasteiger charge is -2.67. The molecular formula is C54H63NO17. The van der Waals surface area contributed by atoms with E-state index in [2.05, 4.69) is 0 Å². The summed E-state index contributed by atoms with van der Waals surface area (Å²) in [5, 5.41) is 26.3. The molecule has 8 rings (SSSR count). The number of hydrogen-bond acceptors (Lipinski definition) is 17. The molecule has 18 nitrogen and oxygen atoms in total. The Labute approximate surface area is 417 Å². The van der Waals surface area contributed by atoms with E-state index in [1.807, 2.05) is 0 Å². The molecule has 2 N–H and O–H groups in total. The van der Waals surface area contributed by atoms with Crippen LogP contribution in [-0.4, -0.2) is 132 Å². The molecule has 0 aromatic heterocycles. The fraction of sp³-hybridized carbons (Fsp3) is 0.519. The second kappa shape index (κ2) is 19.3. The lowest BCUT2D eigenvalue weighted by atomic mass is 9.44. The lowest BCUT2D eigenvalue weighted by Crippen LogP contribution is -2.82. The molecule has 2 bridgehead atoms. The molecule has 4 fully saturated rings. The first-order chi connectivity index (χ1) is 33.9. The summed E-state index contributed by atoms with van der Waals surface area (Å²) in [7, 11) is 2.77. The van der Waals surface area contributed by atoms with Crippen LogP contribution in [0.25, 0.3) is 0 Å². The maximum Gasteiger partial charge on any atom is 0.413 e. The molecule has 3 aliphatic carbocycles. The van der Waals surface area contributed by atoms with Crippen molar-refractivity contribution in [3.8, 4) is 5.75 Å². The molecule has 0 unspecified atom stereocenters. The number of amides is 1. The Morgan fingerprint density at radius 3 is 2.07 bits per heavy atom. The van der Waals surface area contributed by atoms with Gasteiger partial charge in [0.1, 0.15) is 47.9 Å². The number of aliphatic hydroxyl groups is 2. The topological polar surface area (TPSA) is 229 Å². The molecule has 2 aliphatic heterocycles. The van der Waals surface area contributed by atoms with E-state index in [1.54, 1.807) is 114 Å². The van der Waals surface area contributed by atoms with Gasteiger partial charge in [-0.15, -0.1) is 0 Å². The first-order valence-electron chi connectivity index (χ1n) is 23.9. The minimum absolute atomic E-state index is 0.0110. The number of aliphatic hydroxyl groups excluding tert-OH is 1. The van der Waals surface area contributed by atoms with Gasteiger partial charge in [-0.25, -0.2) is 19.2 Å². The first-order valence-corrected chi connectivity index (χ1v) is 23.9. The second-order valence-electron chi connectivity index (χ2n) is 20.9. The number of carbonyl (C=O) groups is 6. The van der Waals surface area contributed by atoms with Crippen molar-refractivity contribution >= 4 is 35.8 Å². The maximum absolute atomic E-state index is 15.9. The molecule has 5 aliphatic rings. The van der Waals surface area contributed by atoms with E-state index in [9.17, 15) is 29.4 Å². The van der Waals surface area contributed by atoms with E-state index in [1.165, 1.54) is 38.2 Å². The summed E-state index contributed by atoms with van der Waals surface area (Å²) < 4.78 is 54.3. The standard InChI is InChI=1S/C54H63NO17/c1-29-35(67-48(61)42-40(31-17-13-11-14-18-31)55(49(62)72-50(3,4)5)46(69-42)32-21-23-34(65-10)24-22-32)26-54(63)45(70-47(60)33-19-15-12-16-20-33)43-52(8,36(57)25-37-53(43,28-66-37)71-30(2)56)44(59)41(39(29)51(54,6)7)68-38(58)27-64-9/h11-24,35-37,40-43,45-46,57,63H,25-28H2,1-10H3/t35-,36-,37+,40-,41+,42+,43-,45-,46+,52+,53-,54+/m0/s1. The van der Waals surface area contributed by atoms with Gasteiger partial charge in [-0.1, -0.05) is 74.5 Å². The highest BCUT2D eigenvalue weighted by molar-refractivity contribution is 5.96. The van der Waals surface area contributed by atoms with Gasteiger partial charge >= 0.3 is 30.0 Å². The van der Waals surface area contributed by atoms with E-state index in [0.717, 1.165) is 6.92 Å². The van der Waals surface area contributed by atoms with Gasteiger partial charge in [0.25, 0.3) is 0 Å². The number of ketones is 1. The number of rotatable bonds is 11. The molecule has 2 heterocycles. The molecule has 386 valence electrons. The number of benzene rings is 3. The highest BCUT2D eigenvalue weighted by Crippen LogP contribution is 2.64. The third-order valence-electron chi connectivity index (χ3n) is 15.2. The van der Waals surface area contributed by atoms with E-state index >= 15 is 9.59 Å². The van der Waals surface area contributed by atoms with Crippen molar-refractivity contribution in [2.24, 2.45) is 16.7 Å². The van der Waals surface area contributed by atoms with Crippen molar-refractivity contribution in [3.63, 3.8) is 0 Å². The molecule has 2 saturated carbocycles. The van der Waals surface area contributed by atoms with Crippen LogP contribution < -0.4 is 4.74 Å². The van der Waals surface area contributed by atoms with E-state index in [4.69, 9.17) is 42.6 Å². The first kappa shape index (κ1) is 52.2. The molecule has 12 atom stereocenters. The summed E-state index contributed by atoms with van der Waals surface area (Å²) in [4.78, 5) is 88.4. The number of hydrogen-bond donors (Lipinski definition) is 2. The van der Waals surface area contributed by atoms with E-state index in [0.29, 0.717) is 16.9 Å². The third kappa shape index (κ3) is 8.84. The molecular weight excluding hydrogens is 935 g/mol. The highest BCUT2D eigenvalue weighted by atomic mass is 16.6. The average Bonchev–Trinajstić information content (AvgIpc) is 3.74. The number of Topliss-reactive ketones (excluding diaryl/α,β-unsaturated/α-hetero) is 1. The van der Waals surface area contributed by atoms with Crippen LogP contribution in [0.4, 0.5) is 4.79 Å².